The molecule has 0 saturated carbocycles. The summed E-state index contributed by atoms with van der Waals surface area (Å²) in [4.78, 5) is 4.48. The molecule has 0 aliphatic rings. The monoisotopic (exact) mass is 266 g/mol. The zero-order chi connectivity index (χ0) is 13.9. The van der Waals surface area contributed by atoms with Crippen LogP contribution in [0.4, 0.5) is 0 Å². The van der Waals surface area contributed by atoms with Crippen molar-refractivity contribution in [2.45, 2.75) is 33.6 Å². The lowest BCUT2D eigenvalue weighted by molar-refractivity contribution is 0.144. The van der Waals surface area contributed by atoms with Crippen LogP contribution in [0.3, 0.4) is 0 Å². The van der Waals surface area contributed by atoms with Gasteiger partial charge in [0.15, 0.2) is 0 Å². The number of rotatable bonds is 10. The number of hydrogen-bond acceptors (Lipinski definition) is 4. The molecule has 4 nitrogen and oxygen atoms in total. The molecule has 0 radical (unpaired) electrons. The van der Waals surface area contributed by atoms with E-state index in [1.54, 1.807) is 0 Å². The van der Waals surface area contributed by atoms with Crippen LogP contribution in [0.15, 0.2) is 12.1 Å². The molecule has 0 spiro atoms. The zero-order valence-electron chi connectivity index (χ0n) is 12.4. The van der Waals surface area contributed by atoms with E-state index in [-0.39, 0.29) is 0 Å². The highest BCUT2D eigenvalue weighted by Crippen LogP contribution is 2.16. The molecule has 4 heteroatoms. The third-order valence-corrected chi connectivity index (χ3v) is 2.79. The van der Waals surface area contributed by atoms with Crippen LogP contribution in [0, 0.1) is 6.92 Å². The molecular formula is C15H26N2O2. The molecule has 1 aromatic rings. The maximum Gasteiger partial charge on any atom is 0.140 e. The summed E-state index contributed by atoms with van der Waals surface area (Å²) in [5.74, 6) is 0.907. The lowest BCUT2D eigenvalue weighted by Crippen LogP contribution is -2.23. The van der Waals surface area contributed by atoms with Crippen molar-refractivity contribution in [1.29, 1.82) is 0 Å². The van der Waals surface area contributed by atoms with Gasteiger partial charge in [-0.1, -0.05) is 6.92 Å². The molecule has 0 saturated heterocycles. The average molecular weight is 266 g/mol. The Balaban J connectivity index is 2.15. The third kappa shape index (κ3) is 6.55. The molecule has 0 aromatic carbocycles. The van der Waals surface area contributed by atoms with Gasteiger partial charge in [-0.2, -0.15) is 0 Å². The predicted molar refractivity (Wildman–Crippen MR) is 77.8 cm³/mol. The minimum atomic E-state index is 0.673. The molecule has 0 fully saturated rings. The van der Waals surface area contributed by atoms with Crippen LogP contribution >= 0.6 is 0 Å². The van der Waals surface area contributed by atoms with Gasteiger partial charge < -0.3 is 14.8 Å². The van der Waals surface area contributed by atoms with Crippen molar-refractivity contribution >= 4 is 0 Å². The van der Waals surface area contributed by atoms with E-state index in [1.807, 2.05) is 26.0 Å². The zero-order valence-corrected chi connectivity index (χ0v) is 12.4. The molecule has 108 valence electrons. The van der Waals surface area contributed by atoms with Crippen LogP contribution in [-0.2, 0) is 11.2 Å². The lowest BCUT2D eigenvalue weighted by Gasteiger charge is -2.11. The van der Waals surface area contributed by atoms with Crippen LogP contribution in [-0.4, -0.2) is 37.9 Å². The number of aromatic nitrogens is 1. The normalized spacial score (nSPS) is 10.7. The number of aryl methyl sites for hydroxylation is 2. The number of hydrogen-bond donors (Lipinski definition) is 1. The molecule has 0 amide bonds. The van der Waals surface area contributed by atoms with Gasteiger partial charge in [0, 0.05) is 25.5 Å². The van der Waals surface area contributed by atoms with Gasteiger partial charge in [-0.15, -0.1) is 0 Å². The standard InChI is InChI=1S/C15H26N2O2/c1-4-14-15(8-7-13(3)17-14)19-12-10-16-9-6-11-18-5-2/h7-8,16H,4-6,9-12H2,1-3H3. The van der Waals surface area contributed by atoms with E-state index in [0.29, 0.717) is 6.61 Å². The Morgan fingerprint density at radius 3 is 2.74 bits per heavy atom. The summed E-state index contributed by atoms with van der Waals surface area (Å²) in [6.07, 6.45) is 1.94. The number of pyridine rings is 1. The molecule has 1 aromatic heterocycles. The summed E-state index contributed by atoms with van der Waals surface area (Å²) in [7, 11) is 0. The summed E-state index contributed by atoms with van der Waals surface area (Å²) >= 11 is 0. The SMILES string of the molecule is CCOCCCNCCOc1ccc(C)nc1CC. The maximum absolute atomic E-state index is 5.75. The second-order valence-electron chi connectivity index (χ2n) is 4.40. The van der Waals surface area contributed by atoms with E-state index in [2.05, 4.69) is 17.2 Å². The highest BCUT2D eigenvalue weighted by Gasteiger charge is 2.03. The van der Waals surface area contributed by atoms with E-state index in [1.165, 1.54) is 0 Å². The van der Waals surface area contributed by atoms with E-state index < -0.39 is 0 Å². The highest BCUT2D eigenvalue weighted by molar-refractivity contribution is 5.29. The highest BCUT2D eigenvalue weighted by atomic mass is 16.5. The fourth-order valence-electron chi connectivity index (χ4n) is 1.78. The Morgan fingerprint density at radius 2 is 2.00 bits per heavy atom. The summed E-state index contributed by atoms with van der Waals surface area (Å²) in [5, 5.41) is 3.34. The van der Waals surface area contributed by atoms with Crippen molar-refractivity contribution in [3.63, 3.8) is 0 Å². The van der Waals surface area contributed by atoms with Crippen molar-refractivity contribution in [2.75, 3.05) is 32.9 Å². The van der Waals surface area contributed by atoms with Gasteiger partial charge in [0.2, 0.25) is 0 Å². The minimum absolute atomic E-state index is 0.673. The van der Waals surface area contributed by atoms with E-state index in [0.717, 1.165) is 56.3 Å². The van der Waals surface area contributed by atoms with Gasteiger partial charge >= 0.3 is 0 Å². The summed E-state index contributed by atoms with van der Waals surface area (Å²) in [5.41, 5.74) is 2.08. The molecule has 0 atom stereocenters. The molecular weight excluding hydrogens is 240 g/mol. The van der Waals surface area contributed by atoms with Crippen molar-refractivity contribution < 1.29 is 9.47 Å². The van der Waals surface area contributed by atoms with Gasteiger partial charge in [0.1, 0.15) is 12.4 Å². The molecule has 1 rings (SSSR count). The quantitative estimate of drug-likeness (QED) is 0.660. The molecule has 1 heterocycles. The Hall–Kier alpha value is -1.13. The fraction of sp³-hybridized carbons (Fsp3) is 0.667. The summed E-state index contributed by atoms with van der Waals surface area (Å²) in [6.45, 7) is 10.2. The van der Waals surface area contributed by atoms with Crippen LogP contribution in [0.1, 0.15) is 31.7 Å². The second kappa shape index (κ2) is 9.75. The minimum Gasteiger partial charge on any atom is -0.490 e. The summed E-state index contributed by atoms with van der Waals surface area (Å²) < 4.78 is 11.0. The molecule has 1 N–H and O–H groups in total. The van der Waals surface area contributed by atoms with Gasteiger partial charge in [0.25, 0.3) is 0 Å². The van der Waals surface area contributed by atoms with E-state index in [4.69, 9.17) is 9.47 Å². The molecule has 0 bridgehead atoms. The van der Waals surface area contributed by atoms with Gasteiger partial charge in [-0.05, 0) is 45.4 Å². The third-order valence-electron chi connectivity index (χ3n) is 2.79. The Kier molecular flexibility index (Phi) is 8.18. The molecule has 0 aliphatic carbocycles. The van der Waals surface area contributed by atoms with E-state index in [9.17, 15) is 0 Å². The number of ether oxygens (including phenoxy) is 2. The van der Waals surface area contributed by atoms with Gasteiger partial charge in [-0.3, -0.25) is 4.98 Å². The first-order valence-electron chi connectivity index (χ1n) is 7.15. The average Bonchev–Trinajstić information content (AvgIpc) is 2.43. The first kappa shape index (κ1) is 15.9. The summed E-state index contributed by atoms with van der Waals surface area (Å²) in [6, 6.07) is 4.00. The van der Waals surface area contributed by atoms with Crippen molar-refractivity contribution in [1.82, 2.24) is 10.3 Å². The topological polar surface area (TPSA) is 43.4 Å². The first-order chi connectivity index (χ1) is 9.27. The Labute approximate surface area is 116 Å². The molecule has 19 heavy (non-hydrogen) atoms. The van der Waals surface area contributed by atoms with Gasteiger partial charge in [0.05, 0.1) is 5.69 Å². The van der Waals surface area contributed by atoms with Crippen LogP contribution in [0.25, 0.3) is 0 Å². The van der Waals surface area contributed by atoms with Crippen molar-refractivity contribution in [3.05, 3.63) is 23.5 Å². The fourth-order valence-corrected chi connectivity index (χ4v) is 1.78. The first-order valence-corrected chi connectivity index (χ1v) is 7.15. The van der Waals surface area contributed by atoms with Crippen molar-refractivity contribution in [3.8, 4) is 5.75 Å². The Bertz CT molecular complexity index is 356. The smallest absolute Gasteiger partial charge is 0.140 e. The maximum atomic E-state index is 5.75. The second-order valence-corrected chi connectivity index (χ2v) is 4.40. The van der Waals surface area contributed by atoms with Crippen LogP contribution < -0.4 is 10.1 Å². The molecule has 0 unspecified atom stereocenters. The number of nitrogens with one attached hydrogen (secondary N) is 1. The van der Waals surface area contributed by atoms with Gasteiger partial charge in [-0.25, -0.2) is 0 Å². The Morgan fingerprint density at radius 1 is 1.16 bits per heavy atom. The largest absolute Gasteiger partial charge is 0.490 e. The van der Waals surface area contributed by atoms with Crippen LogP contribution in [0.5, 0.6) is 5.75 Å². The lowest BCUT2D eigenvalue weighted by atomic mass is 10.2. The number of nitrogens with zero attached hydrogens (tertiary/aromatic N) is 1. The van der Waals surface area contributed by atoms with Crippen LogP contribution in [0.2, 0.25) is 0 Å². The van der Waals surface area contributed by atoms with E-state index >= 15 is 0 Å². The van der Waals surface area contributed by atoms with Crippen molar-refractivity contribution in [2.24, 2.45) is 0 Å². The predicted octanol–water partition coefficient (Wildman–Crippen LogP) is 2.35. The molecule has 0 aliphatic heterocycles.